The van der Waals surface area contributed by atoms with E-state index in [4.69, 9.17) is 0 Å². The van der Waals surface area contributed by atoms with Gasteiger partial charge >= 0.3 is 0 Å². The van der Waals surface area contributed by atoms with E-state index >= 15 is 0 Å². The first-order valence-electron chi connectivity index (χ1n) is 7.23. The molecule has 0 aliphatic carbocycles. The summed E-state index contributed by atoms with van der Waals surface area (Å²) in [5.41, 5.74) is 0. The minimum atomic E-state index is 0.697. The normalized spacial score (nSPS) is 15.9. The molecule has 0 bridgehead atoms. The summed E-state index contributed by atoms with van der Waals surface area (Å²) in [6.45, 7) is 17.3. The zero-order valence-corrected chi connectivity index (χ0v) is 13.1. The first-order valence-corrected chi connectivity index (χ1v) is 7.23. The van der Waals surface area contributed by atoms with Gasteiger partial charge in [-0.25, -0.2) is 0 Å². The van der Waals surface area contributed by atoms with Crippen molar-refractivity contribution in [3.05, 3.63) is 0 Å². The minimum absolute atomic E-state index is 0.697. The van der Waals surface area contributed by atoms with Crippen LogP contribution in [0.1, 0.15) is 48.0 Å². The van der Waals surface area contributed by atoms with Gasteiger partial charge in [-0.05, 0) is 51.2 Å². The van der Waals surface area contributed by atoms with E-state index in [1.807, 2.05) is 0 Å². The summed E-state index contributed by atoms with van der Waals surface area (Å²) < 4.78 is 0. The van der Waals surface area contributed by atoms with Gasteiger partial charge < -0.3 is 10.2 Å². The molecule has 0 heterocycles. The van der Waals surface area contributed by atoms with Gasteiger partial charge in [-0.2, -0.15) is 0 Å². The van der Waals surface area contributed by atoms with Crippen molar-refractivity contribution in [1.29, 1.82) is 0 Å². The Kier molecular flexibility index (Phi) is 8.89. The van der Waals surface area contributed by atoms with E-state index < -0.39 is 0 Å². The summed E-state index contributed by atoms with van der Waals surface area (Å²) in [4.78, 5) is 2.50. The Balaban J connectivity index is 3.74. The molecule has 0 spiro atoms. The summed E-state index contributed by atoms with van der Waals surface area (Å²) in [6, 6.07) is 0.697. The van der Waals surface area contributed by atoms with Crippen LogP contribution in [0.25, 0.3) is 0 Å². The van der Waals surface area contributed by atoms with Crippen molar-refractivity contribution in [2.75, 3.05) is 26.7 Å². The third-order valence-electron chi connectivity index (χ3n) is 3.21. The monoisotopic (exact) mass is 242 g/mol. The van der Waals surface area contributed by atoms with Crippen LogP contribution in [0, 0.1) is 17.8 Å². The van der Waals surface area contributed by atoms with Crippen molar-refractivity contribution in [2.45, 2.75) is 54.0 Å². The molecule has 2 atom stereocenters. The molecule has 2 unspecified atom stereocenters. The van der Waals surface area contributed by atoms with Crippen molar-refractivity contribution >= 4 is 0 Å². The SMILES string of the molecule is CC(C)CNCC(C)CN(C)C(C)CC(C)C. The number of hydrogen-bond donors (Lipinski definition) is 1. The van der Waals surface area contributed by atoms with Gasteiger partial charge in [0.15, 0.2) is 0 Å². The summed E-state index contributed by atoms with van der Waals surface area (Å²) in [5, 5.41) is 3.54. The second-order valence-corrected chi connectivity index (χ2v) is 6.58. The average Bonchev–Trinajstić information content (AvgIpc) is 2.15. The van der Waals surface area contributed by atoms with Gasteiger partial charge in [0, 0.05) is 12.6 Å². The molecule has 2 heteroatoms. The largest absolute Gasteiger partial charge is 0.316 e. The van der Waals surface area contributed by atoms with Crippen LogP contribution in [0.5, 0.6) is 0 Å². The third-order valence-corrected chi connectivity index (χ3v) is 3.21. The molecule has 104 valence electrons. The van der Waals surface area contributed by atoms with E-state index in [-0.39, 0.29) is 0 Å². The summed E-state index contributed by atoms with van der Waals surface area (Å²) in [7, 11) is 2.26. The Hall–Kier alpha value is -0.0800. The van der Waals surface area contributed by atoms with Crippen LogP contribution < -0.4 is 5.32 Å². The van der Waals surface area contributed by atoms with Gasteiger partial charge in [-0.3, -0.25) is 0 Å². The molecule has 2 nitrogen and oxygen atoms in total. The summed E-state index contributed by atoms with van der Waals surface area (Å²) >= 11 is 0. The molecule has 0 rings (SSSR count). The van der Waals surface area contributed by atoms with Crippen molar-refractivity contribution < 1.29 is 0 Å². The minimum Gasteiger partial charge on any atom is -0.316 e. The predicted molar refractivity (Wildman–Crippen MR) is 78.4 cm³/mol. The molecule has 0 aliphatic rings. The molecule has 0 aromatic carbocycles. The van der Waals surface area contributed by atoms with Gasteiger partial charge in [-0.1, -0.05) is 34.6 Å². The number of hydrogen-bond acceptors (Lipinski definition) is 2. The Morgan fingerprint density at radius 2 is 1.47 bits per heavy atom. The van der Waals surface area contributed by atoms with E-state index in [0.717, 1.165) is 30.8 Å². The Morgan fingerprint density at radius 3 is 1.94 bits per heavy atom. The third kappa shape index (κ3) is 9.61. The Morgan fingerprint density at radius 1 is 0.882 bits per heavy atom. The van der Waals surface area contributed by atoms with E-state index in [0.29, 0.717) is 6.04 Å². The summed E-state index contributed by atoms with van der Waals surface area (Å²) in [6.07, 6.45) is 1.29. The second-order valence-electron chi connectivity index (χ2n) is 6.58. The molecule has 0 saturated heterocycles. The molecule has 17 heavy (non-hydrogen) atoms. The zero-order chi connectivity index (χ0) is 13.4. The fourth-order valence-electron chi connectivity index (χ4n) is 2.22. The fraction of sp³-hybridized carbons (Fsp3) is 1.00. The van der Waals surface area contributed by atoms with Crippen molar-refractivity contribution in [3.8, 4) is 0 Å². The smallest absolute Gasteiger partial charge is 0.00664 e. The topological polar surface area (TPSA) is 15.3 Å². The first kappa shape index (κ1) is 16.9. The van der Waals surface area contributed by atoms with Crippen LogP contribution in [0.2, 0.25) is 0 Å². The van der Waals surface area contributed by atoms with Crippen LogP contribution in [0.3, 0.4) is 0 Å². The van der Waals surface area contributed by atoms with Crippen LogP contribution in [0.4, 0.5) is 0 Å². The van der Waals surface area contributed by atoms with Gasteiger partial charge in [0.1, 0.15) is 0 Å². The maximum Gasteiger partial charge on any atom is 0.00664 e. The number of nitrogens with one attached hydrogen (secondary N) is 1. The molecule has 0 aromatic rings. The van der Waals surface area contributed by atoms with Crippen LogP contribution >= 0.6 is 0 Å². The first-order chi connectivity index (χ1) is 7.82. The molecular weight excluding hydrogens is 208 g/mol. The zero-order valence-electron chi connectivity index (χ0n) is 13.1. The van der Waals surface area contributed by atoms with Gasteiger partial charge in [0.2, 0.25) is 0 Å². The Labute approximate surface area is 109 Å². The molecular formula is C15H34N2. The highest BCUT2D eigenvalue weighted by atomic mass is 15.1. The second kappa shape index (κ2) is 8.93. The van der Waals surface area contributed by atoms with Gasteiger partial charge in [-0.15, -0.1) is 0 Å². The lowest BCUT2D eigenvalue weighted by atomic mass is 10.0. The summed E-state index contributed by atoms with van der Waals surface area (Å²) in [5.74, 6) is 2.27. The fourth-order valence-corrected chi connectivity index (χ4v) is 2.22. The van der Waals surface area contributed by atoms with Crippen molar-refractivity contribution in [3.63, 3.8) is 0 Å². The number of nitrogens with zero attached hydrogens (tertiary/aromatic N) is 1. The standard InChI is InChI=1S/C15H34N2/c1-12(2)8-15(6)17(7)11-14(5)10-16-9-13(3)4/h12-16H,8-11H2,1-7H3. The van der Waals surface area contributed by atoms with E-state index in [1.54, 1.807) is 0 Å². The lowest BCUT2D eigenvalue weighted by Gasteiger charge is -2.29. The average molecular weight is 242 g/mol. The molecule has 0 saturated carbocycles. The Bertz CT molecular complexity index is 178. The molecule has 0 radical (unpaired) electrons. The van der Waals surface area contributed by atoms with Gasteiger partial charge in [0.25, 0.3) is 0 Å². The highest BCUT2D eigenvalue weighted by Crippen LogP contribution is 2.11. The highest BCUT2D eigenvalue weighted by Gasteiger charge is 2.13. The van der Waals surface area contributed by atoms with E-state index in [2.05, 4.69) is 58.8 Å². The van der Waals surface area contributed by atoms with E-state index in [1.165, 1.54) is 13.0 Å². The van der Waals surface area contributed by atoms with Crippen LogP contribution in [-0.2, 0) is 0 Å². The van der Waals surface area contributed by atoms with Crippen LogP contribution in [0.15, 0.2) is 0 Å². The molecule has 0 fully saturated rings. The molecule has 1 N–H and O–H groups in total. The van der Waals surface area contributed by atoms with Gasteiger partial charge in [0.05, 0.1) is 0 Å². The number of rotatable bonds is 9. The maximum atomic E-state index is 3.54. The van der Waals surface area contributed by atoms with Crippen molar-refractivity contribution in [2.24, 2.45) is 17.8 Å². The maximum absolute atomic E-state index is 3.54. The van der Waals surface area contributed by atoms with Crippen molar-refractivity contribution in [1.82, 2.24) is 10.2 Å². The predicted octanol–water partition coefficient (Wildman–Crippen LogP) is 3.23. The molecule has 0 aromatic heterocycles. The van der Waals surface area contributed by atoms with E-state index in [9.17, 15) is 0 Å². The quantitative estimate of drug-likeness (QED) is 0.668. The lowest BCUT2D eigenvalue weighted by molar-refractivity contribution is 0.199. The lowest BCUT2D eigenvalue weighted by Crippen LogP contribution is -2.37. The van der Waals surface area contributed by atoms with Crippen LogP contribution in [-0.4, -0.2) is 37.6 Å². The highest BCUT2D eigenvalue weighted by molar-refractivity contribution is 4.69. The molecule has 0 aliphatic heterocycles. The molecule has 0 amide bonds.